The van der Waals surface area contributed by atoms with E-state index in [0.717, 1.165) is 18.4 Å². The van der Waals surface area contributed by atoms with Crippen molar-refractivity contribution >= 4 is 17.6 Å². The maximum Gasteiger partial charge on any atom is 0.322 e. The van der Waals surface area contributed by atoms with Gasteiger partial charge in [0, 0.05) is 30.4 Å². The quantitative estimate of drug-likeness (QED) is 0.897. The molecule has 6 heteroatoms. The summed E-state index contributed by atoms with van der Waals surface area (Å²) in [6, 6.07) is 5.56. The first-order chi connectivity index (χ1) is 11.0. The molecule has 0 unspecified atom stereocenters. The van der Waals surface area contributed by atoms with Crippen LogP contribution >= 0.6 is 0 Å². The van der Waals surface area contributed by atoms with Gasteiger partial charge in [0.15, 0.2) is 0 Å². The molecule has 1 saturated carbocycles. The van der Waals surface area contributed by atoms with Crippen LogP contribution in [0.1, 0.15) is 35.7 Å². The van der Waals surface area contributed by atoms with Gasteiger partial charge in [-0.1, -0.05) is 6.07 Å². The van der Waals surface area contributed by atoms with E-state index < -0.39 is 0 Å². The lowest BCUT2D eigenvalue weighted by Crippen LogP contribution is -2.46. The van der Waals surface area contributed by atoms with Crippen LogP contribution < -0.4 is 10.6 Å². The summed E-state index contributed by atoms with van der Waals surface area (Å²) in [5.74, 6) is -0.0806. The van der Waals surface area contributed by atoms with Crippen molar-refractivity contribution in [3.05, 3.63) is 29.3 Å². The van der Waals surface area contributed by atoms with Crippen molar-refractivity contribution in [3.8, 4) is 0 Å². The maximum atomic E-state index is 12.4. The molecule has 1 atom stereocenters. The van der Waals surface area contributed by atoms with Crippen LogP contribution in [0.3, 0.4) is 0 Å². The van der Waals surface area contributed by atoms with E-state index in [0.29, 0.717) is 37.0 Å². The Morgan fingerprint density at radius 1 is 1.30 bits per heavy atom. The van der Waals surface area contributed by atoms with E-state index in [9.17, 15) is 9.59 Å². The predicted molar refractivity (Wildman–Crippen MR) is 87.7 cm³/mol. The van der Waals surface area contributed by atoms with E-state index >= 15 is 0 Å². The first-order valence-electron chi connectivity index (χ1n) is 8.12. The largest absolute Gasteiger partial charge is 0.375 e. The number of ether oxygens (including phenoxy) is 1. The van der Waals surface area contributed by atoms with Crippen molar-refractivity contribution < 1.29 is 14.3 Å². The minimum absolute atomic E-state index is 0.0475. The van der Waals surface area contributed by atoms with Crippen LogP contribution in [0.4, 0.5) is 10.5 Å². The molecule has 2 aliphatic rings. The minimum atomic E-state index is -0.150. The molecule has 23 heavy (non-hydrogen) atoms. The summed E-state index contributed by atoms with van der Waals surface area (Å²) in [4.78, 5) is 26.3. The van der Waals surface area contributed by atoms with Crippen molar-refractivity contribution in [1.82, 2.24) is 10.2 Å². The second-order valence-electron chi connectivity index (χ2n) is 6.34. The van der Waals surface area contributed by atoms with Crippen LogP contribution in [-0.4, -0.2) is 48.7 Å². The fourth-order valence-corrected chi connectivity index (χ4v) is 2.59. The number of carbonyl (C=O) groups excluding carboxylic acids is 2. The molecule has 124 valence electrons. The second-order valence-corrected chi connectivity index (χ2v) is 6.34. The van der Waals surface area contributed by atoms with E-state index in [4.69, 9.17) is 4.74 Å². The van der Waals surface area contributed by atoms with Crippen LogP contribution in [0.15, 0.2) is 18.2 Å². The summed E-state index contributed by atoms with van der Waals surface area (Å²) in [5.41, 5.74) is 2.19. The lowest BCUT2D eigenvalue weighted by Gasteiger charge is -2.31. The number of anilines is 1. The topological polar surface area (TPSA) is 70.7 Å². The Morgan fingerprint density at radius 2 is 2.09 bits per heavy atom. The third-order valence-electron chi connectivity index (χ3n) is 4.18. The molecule has 1 aromatic carbocycles. The lowest BCUT2D eigenvalue weighted by molar-refractivity contribution is -0.00138. The zero-order valence-electron chi connectivity index (χ0n) is 13.6. The zero-order valence-corrected chi connectivity index (χ0v) is 13.6. The summed E-state index contributed by atoms with van der Waals surface area (Å²) in [6.45, 7) is 5.58. The lowest BCUT2D eigenvalue weighted by atomic mass is 10.1. The Bertz CT molecular complexity index is 613. The van der Waals surface area contributed by atoms with Gasteiger partial charge in [-0.2, -0.15) is 0 Å². The van der Waals surface area contributed by atoms with E-state index in [-0.39, 0.29) is 18.0 Å². The van der Waals surface area contributed by atoms with Gasteiger partial charge in [-0.3, -0.25) is 4.79 Å². The highest BCUT2D eigenvalue weighted by molar-refractivity contribution is 5.97. The normalized spacial score (nSPS) is 21.0. The highest BCUT2D eigenvalue weighted by Gasteiger charge is 2.25. The Hall–Kier alpha value is -2.08. The molecule has 1 aromatic rings. The smallest absolute Gasteiger partial charge is 0.322 e. The molecule has 1 aliphatic carbocycles. The number of carbonyl (C=O) groups is 2. The van der Waals surface area contributed by atoms with Crippen LogP contribution in [0.25, 0.3) is 0 Å². The average Bonchev–Trinajstić information content (AvgIpc) is 3.33. The highest BCUT2D eigenvalue weighted by atomic mass is 16.5. The highest BCUT2D eigenvalue weighted by Crippen LogP contribution is 2.21. The van der Waals surface area contributed by atoms with Crippen molar-refractivity contribution in [2.45, 2.75) is 38.8 Å². The standard InChI is InChI=1S/C17H23N3O3/c1-11-3-4-13(16(21)18-14-5-6-14)9-15(11)19-17(22)20-7-8-23-12(2)10-20/h3-4,9,12,14H,5-8,10H2,1-2H3,(H,18,21)(H,19,22)/t12-/m0/s1. The molecule has 3 amide bonds. The van der Waals surface area contributed by atoms with E-state index in [2.05, 4.69) is 10.6 Å². The number of nitrogens with zero attached hydrogens (tertiary/aromatic N) is 1. The van der Waals surface area contributed by atoms with Gasteiger partial charge < -0.3 is 20.3 Å². The van der Waals surface area contributed by atoms with Crippen molar-refractivity contribution in [3.63, 3.8) is 0 Å². The van der Waals surface area contributed by atoms with E-state index in [1.54, 1.807) is 17.0 Å². The Morgan fingerprint density at radius 3 is 2.78 bits per heavy atom. The molecule has 3 rings (SSSR count). The number of urea groups is 1. The second kappa shape index (κ2) is 6.58. The molecule has 6 nitrogen and oxygen atoms in total. The molecule has 1 heterocycles. The molecular weight excluding hydrogens is 294 g/mol. The van der Waals surface area contributed by atoms with Gasteiger partial charge in [0.2, 0.25) is 0 Å². The molecule has 0 spiro atoms. The van der Waals surface area contributed by atoms with E-state index in [1.165, 1.54) is 0 Å². The van der Waals surface area contributed by atoms with E-state index in [1.807, 2.05) is 19.9 Å². The molecule has 2 fully saturated rings. The Kier molecular flexibility index (Phi) is 4.52. The maximum absolute atomic E-state index is 12.4. The van der Waals surface area contributed by atoms with Crippen LogP contribution in [0.2, 0.25) is 0 Å². The number of hydrogen-bond donors (Lipinski definition) is 2. The number of morpholine rings is 1. The van der Waals surface area contributed by atoms with Gasteiger partial charge in [-0.15, -0.1) is 0 Å². The number of rotatable bonds is 3. The van der Waals surface area contributed by atoms with Gasteiger partial charge in [-0.05, 0) is 44.4 Å². The van der Waals surface area contributed by atoms with Gasteiger partial charge in [0.1, 0.15) is 0 Å². The van der Waals surface area contributed by atoms with Crippen molar-refractivity contribution in [2.24, 2.45) is 0 Å². The molecule has 0 aromatic heterocycles. The van der Waals surface area contributed by atoms with Gasteiger partial charge in [0.25, 0.3) is 5.91 Å². The van der Waals surface area contributed by atoms with Gasteiger partial charge in [-0.25, -0.2) is 4.79 Å². The third kappa shape index (κ3) is 4.01. The molecule has 2 N–H and O–H groups in total. The fraction of sp³-hybridized carbons (Fsp3) is 0.529. The Labute approximate surface area is 136 Å². The summed E-state index contributed by atoms with van der Waals surface area (Å²) in [5, 5.41) is 5.88. The number of aryl methyl sites for hydroxylation is 1. The van der Waals surface area contributed by atoms with Crippen molar-refractivity contribution in [2.75, 3.05) is 25.0 Å². The SMILES string of the molecule is Cc1ccc(C(=O)NC2CC2)cc1NC(=O)N1CCO[C@@H](C)C1. The molecule has 1 saturated heterocycles. The molecule has 1 aliphatic heterocycles. The summed E-state index contributed by atoms with van der Waals surface area (Å²) < 4.78 is 5.45. The zero-order chi connectivity index (χ0) is 16.4. The summed E-state index contributed by atoms with van der Waals surface area (Å²) in [7, 11) is 0. The number of benzene rings is 1. The minimum Gasteiger partial charge on any atom is -0.375 e. The molecule has 0 bridgehead atoms. The summed E-state index contributed by atoms with van der Waals surface area (Å²) in [6.07, 6.45) is 2.15. The fourth-order valence-electron chi connectivity index (χ4n) is 2.59. The van der Waals surface area contributed by atoms with Gasteiger partial charge in [0.05, 0.1) is 12.7 Å². The van der Waals surface area contributed by atoms with Gasteiger partial charge >= 0.3 is 6.03 Å². The Balaban J connectivity index is 1.68. The average molecular weight is 317 g/mol. The van der Waals surface area contributed by atoms with Crippen LogP contribution in [0, 0.1) is 6.92 Å². The number of amides is 3. The number of nitrogens with one attached hydrogen (secondary N) is 2. The summed E-state index contributed by atoms with van der Waals surface area (Å²) >= 11 is 0. The molecule has 0 radical (unpaired) electrons. The van der Waals surface area contributed by atoms with Crippen molar-refractivity contribution in [1.29, 1.82) is 0 Å². The number of hydrogen-bond acceptors (Lipinski definition) is 3. The predicted octanol–water partition coefficient (Wildman–Crippen LogP) is 2.14. The molecular formula is C17H23N3O3. The van der Waals surface area contributed by atoms with Crippen LogP contribution in [0.5, 0.6) is 0 Å². The third-order valence-corrected chi connectivity index (χ3v) is 4.18. The first-order valence-corrected chi connectivity index (χ1v) is 8.12. The van der Waals surface area contributed by atoms with Crippen LogP contribution in [-0.2, 0) is 4.74 Å². The first kappa shape index (κ1) is 15.8. The monoisotopic (exact) mass is 317 g/mol.